The summed E-state index contributed by atoms with van der Waals surface area (Å²) >= 11 is 0. The molecule has 0 radical (unpaired) electrons. The molecule has 3 nitrogen and oxygen atoms in total. The molecular weight excluding hydrogens is 671 g/mol. The molecular formula is C52H31NO2. The maximum atomic E-state index is 6.61. The molecule has 0 spiro atoms. The molecule has 3 heterocycles. The van der Waals surface area contributed by atoms with Crippen LogP contribution in [-0.2, 0) is 0 Å². The van der Waals surface area contributed by atoms with Crippen molar-refractivity contribution in [1.29, 1.82) is 0 Å². The van der Waals surface area contributed by atoms with Gasteiger partial charge in [0.15, 0.2) is 0 Å². The zero-order chi connectivity index (χ0) is 36.0. The van der Waals surface area contributed by atoms with E-state index in [2.05, 4.69) is 180 Å². The third-order valence-corrected chi connectivity index (χ3v) is 11.5. The molecule has 0 unspecified atom stereocenters. The number of furan rings is 2. The van der Waals surface area contributed by atoms with Gasteiger partial charge in [0.1, 0.15) is 16.7 Å². The van der Waals surface area contributed by atoms with E-state index in [1.807, 2.05) is 12.3 Å². The molecule has 0 aliphatic carbocycles. The highest BCUT2D eigenvalue weighted by Gasteiger charge is 2.21. The van der Waals surface area contributed by atoms with E-state index in [0.29, 0.717) is 0 Å². The van der Waals surface area contributed by atoms with E-state index in [4.69, 9.17) is 8.83 Å². The van der Waals surface area contributed by atoms with E-state index < -0.39 is 0 Å². The Morgan fingerprint density at radius 2 is 0.909 bits per heavy atom. The minimum atomic E-state index is 0.821. The summed E-state index contributed by atoms with van der Waals surface area (Å²) in [5.41, 5.74) is 13.0. The predicted molar refractivity (Wildman–Crippen MR) is 229 cm³/mol. The highest BCUT2D eigenvalue weighted by molar-refractivity contribution is 6.24. The maximum absolute atomic E-state index is 6.61. The van der Waals surface area contributed by atoms with Crippen molar-refractivity contribution in [2.24, 2.45) is 0 Å². The van der Waals surface area contributed by atoms with Gasteiger partial charge < -0.3 is 13.4 Å². The predicted octanol–water partition coefficient (Wildman–Crippen LogP) is 14.7. The van der Waals surface area contributed by atoms with Crippen molar-refractivity contribution in [3.05, 3.63) is 188 Å². The molecule has 12 aromatic rings. The Bertz CT molecular complexity index is 3420. The van der Waals surface area contributed by atoms with Crippen molar-refractivity contribution in [3.63, 3.8) is 0 Å². The van der Waals surface area contributed by atoms with Gasteiger partial charge in [-0.1, -0.05) is 133 Å². The SMILES string of the molecule is c1ccc(-c2coc3c2ccc2oc4cc(-c5c6ccccc6c(-c6ccc7c8ccccc8n(-c8ccccc8)c7c6)c6ccccc56)ccc4c23)cc1. The van der Waals surface area contributed by atoms with Crippen LogP contribution in [0.4, 0.5) is 0 Å². The lowest BCUT2D eigenvalue weighted by atomic mass is 9.85. The van der Waals surface area contributed by atoms with Crippen molar-refractivity contribution >= 4 is 76.3 Å². The second kappa shape index (κ2) is 11.6. The normalized spacial score (nSPS) is 12.0. The number of hydrogen-bond donors (Lipinski definition) is 0. The van der Waals surface area contributed by atoms with Crippen LogP contribution in [0.25, 0.3) is 115 Å². The van der Waals surface area contributed by atoms with Crippen molar-refractivity contribution in [1.82, 2.24) is 4.57 Å². The van der Waals surface area contributed by atoms with E-state index >= 15 is 0 Å². The molecule has 0 saturated heterocycles. The van der Waals surface area contributed by atoms with Crippen LogP contribution < -0.4 is 0 Å². The van der Waals surface area contributed by atoms with Gasteiger partial charge in [-0.15, -0.1) is 0 Å². The molecule has 0 aliphatic rings. The second-order valence-electron chi connectivity index (χ2n) is 14.4. The Balaban J connectivity index is 1.08. The standard InChI is InChI=1S/C52H31NO2/c1-3-13-32(14-4-1)44-31-54-52-42(44)27-28-47-51(52)43-26-24-34(30-48(43)55-47)50-40-20-9-7-18-38(40)49(39-19-8-10-21-41(39)50)33-23-25-37-36-17-11-12-22-45(36)53(46(37)29-33)35-15-5-2-6-16-35/h1-31H. The summed E-state index contributed by atoms with van der Waals surface area (Å²) < 4.78 is 15.3. The second-order valence-corrected chi connectivity index (χ2v) is 14.4. The Labute approximate surface area is 315 Å². The largest absolute Gasteiger partial charge is 0.463 e. The van der Waals surface area contributed by atoms with Gasteiger partial charge in [0.05, 0.1) is 22.7 Å². The smallest absolute Gasteiger partial charge is 0.146 e. The first-order valence-corrected chi connectivity index (χ1v) is 18.7. The maximum Gasteiger partial charge on any atom is 0.146 e. The van der Waals surface area contributed by atoms with Crippen LogP contribution in [0.15, 0.2) is 197 Å². The van der Waals surface area contributed by atoms with Crippen LogP contribution in [0.1, 0.15) is 0 Å². The number of benzene rings is 9. The molecule has 9 aromatic carbocycles. The van der Waals surface area contributed by atoms with Gasteiger partial charge in [0.25, 0.3) is 0 Å². The molecule has 12 rings (SSSR count). The lowest BCUT2D eigenvalue weighted by molar-refractivity contribution is 0.619. The van der Waals surface area contributed by atoms with Crippen LogP contribution >= 0.6 is 0 Å². The highest BCUT2D eigenvalue weighted by Crippen LogP contribution is 2.47. The zero-order valence-corrected chi connectivity index (χ0v) is 29.7. The molecule has 55 heavy (non-hydrogen) atoms. The van der Waals surface area contributed by atoms with Gasteiger partial charge in [-0.25, -0.2) is 0 Å². The third kappa shape index (κ3) is 4.38. The minimum Gasteiger partial charge on any atom is -0.463 e. The van der Waals surface area contributed by atoms with Gasteiger partial charge in [-0.3, -0.25) is 0 Å². The molecule has 0 amide bonds. The van der Waals surface area contributed by atoms with Gasteiger partial charge in [0, 0.05) is 32.8 Å². The molecule has 3 aromatic heterocycles. The summed E-state index contributed by atoms with van der Waals surface area (Å²) in [6.07, 6.45) is 1.87. The summed E-state index contributed by atoms with van der Waals surface area (Å²) in [6, 6.07) is 65.3. The van der Waals surface area contributed by atoms with Crippen LogP contribution in [0, 0.1) is 0 Å². The van der Waals surface area contributed by atoms with Crippen molar-refractivity contribution < 1.29 is 8.83 Å². The quantitative estimate of drug-likeness (QED) is 0.171. The van der Waals surface area contributed by atoms with E-state index in [1.165, 1.54) is 60.0 Å². The summed E-state index contributed by atoms with van der Waals surface area (Å²) in [4.78, 5) is 0. The van der Waals surface area contributed by atoms with Crippen molar-refractivity contribution in [2.75, 3.05) is 0 Å². The van der Waals surface area contributed by atoms with Crippen molar-refractivity contribution in [3.8, 4) is 39.1 Å². The van der Waals surface area contributed by atoms with Gasteiger partial charge in [-0.2, -0.15) is 0 Å². The van der Waals surface area contributed by atoms with Gasteiger partial charge in [0.2, 0.25) is 0 Å². The van der Waals surface area contributed by atoms with E-state index in [-0.39, 0.29) is 0 Å². The molecule has 0 aliphatic heterocycles. The number of para-hydroxylation sites is 2. The van der Waals surface area contributed by atoms with E-state index in [9.17, 15) is 0 Å². The minimum absolute atomic E-state index is 0.821. The number of nitrogens with zero attached hydrogens (tertiary/aromatic N) is 1. The first-order chi connectivity index (χ1) is 27.3. The molecule has 0 bridgehead atoms. The zero-order valence-electron chi connectivity index (χ0n) is 29.7. The van der Waals surface area contributed by atoms with E-state index in [0.717, 1.165) is 55.3 Å². The molecule has 0 N–H and O–H groups in total. The molecule has 0 fully saturated rings. The topological polar surface area (TPSA) is 31.2 Å². The number of fused-ring (bicyclic) bond motifs is 10. The van der Waals surface area contributed by atoms with Crippen LogP contribution in [0.3, 0.4) is 0 Å². The molecule has 0 saturated carbocycles. The van der Waals surface area contributed by atoms with Crippen molar-refractivity contribution in [2.45, 2.75) is 0 Å². The van der Waals surface area contributed by atoms with Gasteiger partial charge >= 0.3 is 0 Å². The fourth-order valence-corrected chi connectivity index (χ4v) is 9.08. The van der Waals surface area contributed by atoms with Gasteiger partial charge in [-0.05, 0) is 97.9 Å². The number of aromatic nitrogens is 1. The third-order valence-electron chi connectivity index (χ3n) is 11.5. The Hall–Kier alpha value is -7.36. The molecule has 3 heteroatoms. The lowest BCUT2D eigenvalue weighted by Crippen LogP contribution is -1.94. The average Bonchev–Trinajstić information content (AvgIpc) is 3.94. The summed E-state index contributed by atoms with van der Waals surface area (Å²) in [5, 5.41) is 10.5. The van der Waals surface area contributed by atoms with E-state index in [1.54, 1.807) is 0 Å². The van der Waals surface area contributed by atoms with Crippen LogP contribution in [0.2, 0.25) is 0 Å². The Morgan fingerprint density at radius 3 is 1.60 bits per heavy atom. The van der Waals surface area contributed by atoms with Crippen LogP contribution in [-0.4, -0.2) is 4.57 Å². The Kier molecular flexibility index (Phi) is 6.34. The number of hydrogen-bond acceptors (Lipinski definition) is 2. The first kappa shape index (κ1) is 30.1. The fourth-order valence-electron chi connectivity index (χ4n) is 9.08. The summed E-state index contributed by atoms with van der Waals surface area (Å²) in [5.74, 6) is 0. The monoisotopic (exact) mass is 701 g/mol. The fraction of sp³-hybridized carbons (Fsp3) is 0. The average molecular weight is 702 g/mol. The van der Waals surface area contributed by atoms with Crippen LogP contribution in [0.5, 0.6) is 0 Å². The molecule has 256 valence electrons. The summed E-state index contributed by atoms with van der Waals surface area (Å²) in [7, 11) is 0. The first-order valence-electron chi connectivity index (χ1n) is 18.7. The lowest BCUT2D eigenvalue weighted by Gasteiger charge is -2.18. The summed E-state index contributed by atoms with van der Waals surface area (Å²) in [6.45, 7) is 0. The number of rotatable bonds is 4. The Morgan fingerprint density at radius 1 is 0.364 bits per heavy atom. The highest BCUT2D eigenvalue weighted by atomic mass is 16.3. The molecule has 0 atom stereocenters.